The van der Waals surface area contributed by atoms with Crippen LogP contribution < -0.4 is 5.32 Å². The van der Waals surface area contributed by atoms with Gasteiger partial charge in [-0.2, -0.15) is 0 Å². The van der Waals surface area contributed by atoms with Gasteiger partial charge >= 0.3 is 0 Å². The fourth-order valence-corrected chi connectivity index (χ4v) is 1.93. The van der Waals surface area contributed by atoms with Crippen LogP contribution in [0.5, 0.6) is 0 Å². The Balaban J connectivity index is 2.42. The summed E-state index contributed by atoms with van der Waals surface area (Å²) in [5.74, 6) is 0.582. The van der Waals surface area contributed by atoms with Gasteiger partial charge in [-0.05, 0) is 47.5 Å². The number of nitro benzene ring substituents is 1. The van der Waals surface area contributed by atoms with E-state index in [1.165, 1.54) is 6.07 Å². The lowest BCUT2D eigenvalue weighted by Crippen LogP contribution is -2.01. The maximum absolute atomic E-state index is 11.0. The first-order chi connectivity index (χ1) is 8.99. The Morgan fingerprint density at radius 2 is 2.00 bits per heavy atom. The molecule has 0 atom stereocenters. The number of nitro groups is 1. The second-order valence-corrected chi connectivity index (χ2v) is 4.97. The summed E-state index contributed by atoms with van der Waals surface area (Å²) in [5.41, 5.74) is 2.14. The van der Waals surface area contributed by atoms with E-state index in [4.69, 9.17) is 0 Å². The monoisotopic (exact) mass is 321 g/mol. The minimum Gasteiger partial charge on any atom is -0.334 e. The van der Waals surface area contributed by atoms with Crippen molar-refractivity contribution in [2.45, 2.75) is 13.8 Å². The van der Waals surface area contributed by atoms with Crippen molar-refractivity contribution in [3.63, 3.8) is 0 Å². The van der Waals surface area contributed by atoms with Crippen molar-refractivity contribution in [2.24, 2.45) is 0 Å². The molecule has 2 rings (SSSR count). The van der Waals surface area contributed by atoms with E-state index < -0.39 is 4.92 Å². The van der Waals surface area contributed by atoms with Crippen LogP contribution in [0.2, 0.25) is 0 Å². The van der Waals surface area contributed by atoms with Crippen molar-refractivity contribution in [3.05, 3.63) is 56.2 Å². The number of halogens is 1. The molecular weight excluding hydrogens is 310 g/mol. The van der Waals surface area contributed by atoms with Gasteiger partial charge in [0.1, 0.15) is 11.5 Å². The van der Waals surface area contributed by atoms with Crippen molar-refractivity contribution in [1.82, 2.24) is 4.98 Å². The largest absolute Gasteiger partial charge is 0.334 e. The SMILES string of the molecule is Cc1cccc([N+](=O)[O-])c1Nc1ccc(Br)c(C)n1. The fourth-order valence-electron chi connectivity index (χ4n) is 1.71. The number of para-hydroxylation sites is 1. The molecule has 6 heteroatoms. The minimum absolute atomic E-state index is 0.0439. The lowest BCUT2D eigenvalue weighted by Gasteiger charge is -2.10. The molecule has 98 valence electrons. The smallest absolute Gasteiger partial charge is 0.292 e. The summed E-state index contributed by atoms with van der Waals surface area (Å²) in [6.07, 6.45) is 0. The first-order valence-corrected chi connectivity index (χ1v) is 6.42. The number of nitrogens with one attached hydrogen (secondary N) is 1. The summed E-state index contributed by atoms with van der Waals surface area (Å²) in [6.45, 7) is 3.68. The van der Waals surface area contributed by atoms with Crippen molar-refractivity contribution >= 4 is 33.1 Å². The predicted octanol–water partition coefficient (Wildman–Crippen LogP) is 4.11. The highest BCUT2D eigenvalue weighted by atomic mass is 79.9. The van der Waals surface area contributed by atoms with E-state index in [1.54, 1.807) is 12.1 Å². The normalized spacial score (nSPS) is 10.3. The molecule has 0 fully saturated rings. The molecule has 0 unspecified atom stereocenters. The number of hydrogen-bond donors (Lipinski definition) is 1. The van der Waals surface area contributed by atoms with E-state index >= 15 is 0 Å². The zero-order chi connectivity index (χ0) is 14.0. The molecular formula is C13H12BrN3O2. The highest BCUT2D eigenvalue weighted by molar-refractivity contribution is 9.10. The Morgan fingerprint density at radius 3 is 2.63 bits per heavy atom. The van der Waals surface area contributed by atoms with E-state index in [0.717, 1.165) is 15.7 Å². The van der Waals surface area contributed by atoms with Crippen molar-refractivity contribution < 1.29 is 4.92 Å². The second kappa shape index (κ2) is 5.36. The van der Waals surface area contributed by atoms with Crippen LogP contribution in [0.4, 0.5) is 17.2 Å². The van der Waals surface area contributed by atoms with Crippen molar-refractivity contribution in [2.75, 3.05) is 5.32 Å². The van der Waals surface area contributed by atoms with Crippen LogP contribution in [0.1, 0.15) is 11.3 Å². The third-order valence-corrected chi connectivity index (χ3v) is 3.56. The lowest BCUT2D eigenvalue weighted by molar-refractivity contribution is -0.384. The molecule has 19 heavy (non-hydrogen) atoms. The van der Waals surface area contributed by atoms with E-state index in [-0.39, 0.29) is 5.69 Å². The number of nitrogens with zero attached hydrogens (tertiary/aromatic N) is 2. The molecule has 1 aromatic carbocycles. The van der Waals surface area contributed by atoms with Crippen LogP contribution in [-0.4, -0.2) is 9.91 Å². The number of anilines is 2. The number of rotatable bonds is 3. The van der Waals surface area contributed by atoms with Gasteiger partial charge in [0.15, 0.2) is 0 Å². The van der Waals surface area contributed by atoms with Gasteiger partial charge in [-0.15, -0.1) is 0 Å². The van der Waals surface area contributed by atoms with Crippen LogP contribution in [0.15, 0.2) is 34.8 Å². The van der Waals surface area contributed by atoms with E-state index in [0.29, 0.717) is 11.5 Å². The number of aromatic nitrogens is 1. The van der Waals surface area contributed by atoms with Crippen molar-refractivity contribution in [3.8, 4) is 0 Å². The number of aryl methyl sites for hydroxylation is 2. The minimum atomic E-state index is -0.402. The maximum Gasteiger partial charge on any atom is 0.292 e. The Kier molecular flexibility index (Phi) is 3.80. The Morgan fingerprint density at radius 1 is 1.26 bits per heavy atom. The average molecular weight is 322 g/mol. The third-order valence-electron chi connectivity index (χ3n) is 2.72. The summed E-state index contributed by atoms with van der Waals surface area (Å²) in [5, 5.41) is 14.0. The molecule has 2 aromatic rings. The van der Waals surface area contributed by atoms with Gasteiger partial charge in [-0.1, -0.05) is 12.1 Å². The predicted molar refractivity (Wildman–Crippen MR) is 77.8 cm³/mol. The highest BCUT2D eigenvalue weighted by Crippen LogP contribution is 2.30. The van der Waals surface area contributed by atoms with Gasteiger partial charge in [0.05, 0.1) is 10.6 Å². The highest BCUT2D eigenvalue weighted by Gasteiger charge is 2.16. The summed E-state index contributed by atoms with van der Waals surface area (Å²) in [4.78, 5) is 15.0. The molecule has 0 spiro atoms. The molecule has 0 aliphatic rings. The van der Waals surface area contributed by atoms with Gasteiger partial charge in [-0.3, -0.25) is 10.1 Å². The molecule has 0 amide bonds. The maximum atomic E-state index is 11.0. The van der Waals surface area contributed by atoms with Crippen LogP contribution in [0.25, 0.3) is 0 Å². The summed E-state index contributed by atoms with van der Waals surface area (Å²) < 4.78 is 0.900. The topological polar surface area (TPSA) is 68.1 Å². The van der Waals surface area contributed by atoms with Crippen LogP contribution in [-0.2, 0) is 0 Å². The number of hydrogen-bond acceptors (Lipinski definition) is 4. The summed E-state index contributed by atoms with van der Waals surface area (Å²) in [7, 11) is 0. The Bertz CT molecular complexity index is 644. The summed E-state index contributed by atoms with van der Waals surface area (Å²) >= 11 is 3.37. The molecule has 0 radical (unpaired) electrons. The average Bonchev–Trinajstić information content (AvgIpc) is 2.36. The summed E-state index contributed by atoms with van der Waals surface area (Å²) in [6, 6.07) is 8.59. The van der Waals surface area contributed by atoms with E-state index in [9.17, 15) is 10.1 Å². The third kappa shape index (κ3) is 2.90. The van der Waals surface area contributed by atoms with Gasteiger partial charge in [0, 0.05) is 10.5 Å². The molecule has 1 heterocycles. The van der Waals surface area contributed by atoms with Gasteiger partial charge in [0.2, 0.25) is 0 Å². The molecule has 0 saturated heterocycles. The molecule has 1 N–H and O–H groups in total. The van der Waals surface area contributed by atoms with Crippen LogP contribution >= 0.6 is 15.9 Å². The zero-order valence-electron chi connectivity index (χ0n) is 10.5. The first-order valence-electron chi connectivity index (χ1n) is 5.63. The molecule has 5 nitrogen and oxygen atoms in total. The van der Waals surface area contributed by atoms with Gasteiger partial charge in [0.25, 0.3) is 5.69 Å². The van der Waals surface area contributed by atoms with E-state index in [1.807, 2.05) is 26.0 Å². The molecule has 1 aromatic heterocycles. The quantitative estimate of drug-likeness (QED) is 0.682. The first kappa shape index (κ1) is 13.5. The Hall–Kier alpha value is -1.95. The van der Waals surface area contributed by atoms with Crippen LogP contribution in [0.3, 0.4) is 0 Å². The van der Waals surface area contributed by atoms with Gasteiger partial charge in [-0.25, -0.2) is 4.98 Å². The molecule has 0 aliphatic carbocycles. The lowest BCUT2D eigenvalue weighted by atomic mass is 10.1. The standard InChI is InChI=1S/C13H12BrN3O2/c1-8-4-3-5-11(17(18)19)13(8)16-12-7-6-10(14)9(2)15-12/h3-7H,1-2H3,(H,15,16). The zero-order valence-corrected chi connectivity index (χ0v) is 12.1. The molecule has 0 saturated carbocycles. The fraction of sp³-hybridized carbons (Fsp3) is 0.154. The van der Waals surface area contributed by atoms with Gasteiger partial charge < -0.3 is 5.32 Å². The second-order valence-electron chi connectivity index (χ2n) is 4.11. The van der Waals surface area contributed by atoms with Crippen molar-refractivity contribution in [1.29, 1.82) is 0 Å². The number of benzene rings is 1. The van der Waals surface area contributed by atoms with Crippen LogP contribution in [0, 0.1) is 24.0 Å². The molecule has 0 aliphatic heterocycles. The Labute approximate surface area is 119 Å². The van der Waals surface area contributed by atoms with E-state index in [2.05, 4.69) is 26.2 Å². The number of pyridine rings is 1. The molecule has 0 bridgehead atoms.